The monoisotopic (exact) mass is 492 g/mol. The number of piperidine rings is 1. The standard InChI is InChI=1S/C29H37FN4O2/c1-29(2,3)27(28(35)36)33-18-22(24(19-33)21-7-6-8-23(30)15-21)17-32-13-10-20(11-14-32)25-16-31-26-9-4-5-12-34(25)26/h4-9,12,15-16,20,22,24,27H,10-11,13-14,17-19H2,1-3H3,(H,35,36). The van der Waals surface area contributed by atoms with Crippen molar-refractivity contribution in [3.63, 3.8) is 0 Å². The topological polar surface area (TPSA) is 61.1 Å². The van der Waals surface area contributed by atoms with Gasteiger partial charge in [0.25, 0.3) is 0 Å². The van der Waals surface area contributed by atoms with Crippen molar-refractivity contribution in [3.05, 3.63) is 71.9 Å². The molecule has 0 saturated carbocycles. The Labute approximate surface area is 212 Å². The number of likely N-dealkylation sites (tertiary alicyclic amines) is 2. The highest BCUT2D eigenvalue weighted by Gasteiger charge is 2.44. The summed E-state index contributed by atoms with van der Waals surface area (Å²) in [6.45, 7) is 10.2. The molecule has 0 amide bonds. The van der Waals surface area contributed by atoms with E-state index in [9.17, 15) is 14.3 Å². The van der Waals surface area contributed by atoms with E-state index >= 15 is 0 Å². The molecule has 2 aliphatic rings. The number of pyridine rings is 1. The van der Waals surface area contributed by atoms with Gasteiger partial charge in [0.15, 0.2) is 0 Å². The van der Waals surface area contributed by atoms with Gasteiger partial charge in [-0.05, 0) is 67.1 Å². The van der Waals surface area contributed by atoms with Crippen LogP contribution in [-0.4, -0.2) is 69.0 Å². The molecule has 2 saturated heterocycles. The molecule has 3 atom stereocenters. The third kappa shape index (κ3) is 5.04. The minimum atomic E-state index is -0.782. The predicted molar refractivity (Wildman–Crippen MR) is 139 cm³/mol. The number of fused-ring (bicyclic) bond motifs is 1. The van der Waals surface area contributed by atoms with Crippen LogP contribution < -0.4 is 0 Å². The molecule has 2 aliphatic heterocycles. The number of benzene rings is 1. The molecule has 0 bridgehead atoms. The number of hydrogen-bond acceptors (Lipinski definition) is 4. The first-order chi connectivity index (χ1) is 17.2. The summed E-state index contributed by atoms with van der Waals surface area (Å²) in [7, 11) is 0. The second-order valence-electron chi connectivity index (χ2n) is 11.7. The van der Waals surface area contributed by atoms with E-state index in [1.165, 1.54) is 11.8 Å². The van der Waals surface area contributed by atoms with Crippen LogP contribution >= 0.6 is 0 Å². The van der Waals surface area contributed by atoms with E-state index in [2.05, 4.69) is 25.4 Å². The lowest BCUT2D eigenvalue weighted by molar-refractivity contribution is -0.147. The number of aromatic nitrogens is 2. The fraction of sp³-hybridized carbons (Fsp3) is 0.517. The van der Waals surface area contributed by atoms with E-state index in [-0.39, 0.29) is 23.1 Å². The smallest absolute Gasteiger partial charge is 0.321 e. The minimum Gasteiger partial charge on any atom is -0.480 e. The zero-order valence-electron chi connectivity index (χ0n) is 21.5. The number of aliphatic carboxylic acids is 1. The van der Waals surface area contributed by atoms with Gasteiger partial charge in [0.05, 0.1) is 0 Å². The minimum absolute atomic E-state index is 0.112. The molecule has 7 heteroatoms. The molecule has 0 aliphatic carbocycles. The van der Waals surface area contributed by atoms with Crippen LogP contribution in [0.15, 0.2) is 54.9 Å². The van der Waals surface area contributed by atoms with E-state index in [4.69, 9.17) is 0 Å². The molecule has 3 unspecified atom stereocenters. The normalized spacial score (nSPS) is 23.3. The number of carbonyl (C=O) groups is 1. The maximum Gasteiger partial charge on any atom is 0.321 e. The van der Waals surface area contributed by atoms with Crippen LogP contribution in [0.2, 0.25) is 0 Å². The largest absolute Gasteiger partial charge is 0.480 e. The highest BCUT2D eigenvalue weighted by molar-refractivity contribution is 5.74. The first-order valence-electron chi connectivity index (χ1n) is 13.1. The van der Waals surface area contributed by atoms with E-state index in [1.807, 2.05) is 51.2 Å². The van der Waals surface area contributed by atoms with Gasteiger partial charge in [-0.3, -0.25) is 9.69 Å². The zero-order valence-corrected chi connectivity index (χ0v) is 21.5. The second kappa shape index (κ2) is 9.94. The van der Waals surface area contributed by atoms with E-state index in [0.717, 1.165) is 43.7 Å². The molecule has 1 N–H and O–H groups in total. The van der Waals surface area contributed by atoms with Crippen molar-refractivity contribution in [2.24, 2.45) is 11.3 Å². The molecular weight excluding hydrogens is 455 g/mol. The molecule has 2 fully saturated rings. The van der Waals surface area contributed by atoms with E-state index < -0.39 is 12.0 Å². The Bertz CT molecular complexity index is 1210. The lowest BCUT2D eigenvalue weighted by Gasteiger charge is -2.36. The van der Waals surface area contributed by atoms with Crippen molar-refractivity contribution >= 4 is 11.6 Å². The number of carboxylic acids is 1. The quantitative estimate of drug-likeness (QED) is 0.532. The Hall–Kier alpha value is -2.77. The first kappa shape index (κ1) is 24.9. The number of hydrogen-bond donors (Lipinski definition) is 1. The van der Waals surface area contributed by atoms with Crippen molar-refractivity contribution in [2.45, 2.75) is 51.5 Å². The van der Waals surface area contributed by atoms with Gasteiger partial charge in [-0.1, -0.05) is 39.0 Å². The Morgan fingerprint density at radius 2 is 1.92 bits per heavy atom. The van der Waals surface area contributed by atoms with Crippen molar-refractivity contribution in [3.8, 4) is 0 Å². The second-order valence-corrected chi connectivity index (χ2v) is 11.7. The third-order valence-electron chi connectivity index (χ3n) is 8.11. The van der Waals surface area contributed by atoms with Gasteiger partial charge in [0.1, 0.15) is 17.5 Å². The summed E-state index contributed by atoms with van der Waals surface area (Å²) in [4.78, 5) is 21.5. The number of rotatable bonds is 6. The van der Waals surface area contributed by atoms with Crippen LogP contribution in [0.4, 0.5) is 4.39 Å². The van der Waals surface area contributed by atoms with Gasteiger partial charge in [-0.15, -0.1) is 0 Å². The summed E-state index contributed by atoms with van der Waals surface area (Å²) >= 11 is 0. The maximum atomic E-state index is 14.1. The molecule has 192 valence electrons. The van der Waals surface area contributed by atoms with Gasteiger partial charge < -0.3 is 14.4 Å². The van der Waals surface area contributed by atoms with Crippen LogP contribution in [0.3, 0.4) is 0 Å². The van der Waals surface area contributed by atoms with Gasteiger partial charge in [-0.2, -0.15) is 0 Å². The van der Waals surface area contributed by atoms with Crippen molar-refractivity contribution in [1.29, 1.82) is 0 Å². The number of nitrogens with zero attached hydrogens (tertiary/aromatic N) is 4. The fourth-order valence-corrected chi connectivity index (χ4v) is 6.49. The predicted octanol–water partition coefficient (Wildman–Crippen LogP) is 4.87. The number of imidazole rings is 1. The summed E-state index contributed by atoms with van der Waals surface area (Å²) in [6, 6.07) is 12.4. The summed E-state index contributed by atoms with van der Waals surface area (Å²) in [6.07, 6.45) is 6.25. The maximum absolute atomic E-state index is 14.1. The first-order valence-corrected chi connectivity index (χ1v) is 13.1. The SMILES string of the molecule is CC(C)(C)C(C(=O)O)N1CC(CN2CCC(c3cnc4ccccn34)CC2)C(c2cccc(F)c2)C1. The average molecular weight is 493 g/mol. The Morgan fingerprint density at radius 1 is 1.14 bits per heavy atom. The summed E-state index contributed by atoms with van der Waals surface area (Å²) < 4.78 is 16.3. The van der Waals surface area contributed by atoms with Crippen LogP contribution in [0.25, 0.3) is 5.65 Å². The van der Waals surface area contributed by atoms with Crippen LogP contribution in [0.1, 0.15) is 56.7 Å². The van der Waals surface area contributed by atoms with Gasteiger partial charge in [0.2, 0.25) is 0 Å². The van der Waals surface area contributed by atoms with Crippen molar-refractivity contribution in [1.82, 2.24) is 19.2 Å². The van der Waals surface area contributed by atoms with Crippen molar-refractivity contribution in [2.75, 3.05) is 32.7 Å². The summed E-state index contributed by atoms with van der Waals surface area (Å²) in [5, 5.41) is 10.1. The van der Waals surface area contributed by atoms with Crippen LogP contribution in [0.5, 0.6) is 0 Å². The molecule has 6 nitrogen and oxygen atoms in total. The third-order valence-corrected chi connectivity index (χ3v) is 8.11. The van der Waals surface area contributed by atoms with Crippen molar-refractivity contribution < 1.29 is 14.3 Å². The molecule has 2 aromatic heterocycles. The van der Waals surface area contributed by atoms with Gasteiger partial charge in [0, 0.05) is 49.6 Å². The zero-order chi connectivity index (χ0) is 25.4. The molecule has 4 heterocycles. The Balaban J connectivity index is 1.31. The van der Waals surface area contributed by atoms with E-state index in [0.29, 0.717) is 19.0 Å². The molecule has 3 aromatic rings. The number of halogens is 1. The average Bonchev–Trinajstić information content (AvgIpc) is 3.43. The lowest BCUT2D eigenvalue weighted by atomic mass is 9.85. The van der Waals surface area contributed by atoms with E-state index in [1.54, 1.807) is 12.1 Å². The number of carboxylic acid groups (broad SMARTS) is 1. The summed E-state index contributed by atoms with van der Waals surface area (Å²) in [5.41, 5.74) is 2.86. The highest BCUT2D eigenvalue weighted by Crippen LogP contribution is 2.39. The lowest BCUT2D eigenvalue weighted by Crippen LogP contribution is -2.48. The molecule has 36 heavy (non-hydrogen) atoms. The Kier molecular flexibility index (Phi) is 6.88. The fourth-order valence-electron chi connectivity index (χ4n) is 6.49. The molecule has 5 rings (SSSR count). The van der Waals surface area contributed by atoms with Gasteiger partial charge in [-0.25, -0.2) is 9.37 Å². The van der Waals surface area contributed by atoms with Crippen LogP contribution in [-0.2, 0) is 4.79 Å². The highest BCUT2D eigenvalue weighted by atomic mass is 19.1. The molecule has 0 radical (unpaired) electrons. The molecular formula is C29H37FN4O2. The summed E-state index contributed by atoms with van der Waals surface area (Å²) in [5.74, 6) is -0.168. The molecule has 1 aromatic carbocycles. The molecule has 0 spiro atoms. The van der Waals surface area contributed by atoms with Gasteiger partial charge >= 0.3 is 5.97 Å². The Morgan fingerprint density at radius 3 is 2.61 bits per heavy atom. The van der Waals surface area contributed by atoms with Crippen LogP contribution in [0, 0.1) is 17.2 Å².